The maximum atomic E-state index is 9.95. The Bertz CT molecular complexity index is 730. The molecule has 2 aromatic carbocycles. The van der Waals surface area contributed by atoms with Crippen molar-refractivity contribution in [1.82, 2.24) is 5.32 Å². The van der Waals surface area contributed by atoms with Gasteiger partial charge in [-0.3, -0.25) is 0 Å². The molecule has 3 nitrogen and oxygen atoms in total. The van der Waals surface area contributed by atoms with Crippen LogP contribution in [-0.4, -0.2) is 16.3 Å². The molecular formula is C18H20N2OS. The third-order valence-electron chi connectivity index (χ3n) is 5.20. The first kappa shape index (κ1) is 13.8. The molecule has 2 fully saturated rings. The van der Waals surface area contributed by atoms with Crippen molar-refractivity contribution in [2.75, 3.05) is 5.32 Å². The van der Waals surface area contributed by atoms with Crippen LogP contribution in [0.15, 0.2) is 36.4 Å². The van der Waals surface area contributed by atoms with Gasteiger partial charge in [0.25, 0.3) is 0 Å². The van der Waals surface area contributed by atoms with Gasteiger partial charge in [0.2, 0.25) is 0 Å². The summed E-state index contributed by atoms with van der Waals surface area (Å²) >= 11 is 5.50. The van der Waals surface area contributed by atoms with Crippen molar-refractivity contribution in [2.45, 2.75) is 31.7 Å². The van der Waals surface area contributed by atoms with Crippen LogP contribution in [0, 0.1) is 11.8 Å². The lowest BCUT2D eigenvalue weighted by Crippen LogP contribution is -2.40. The van der Waals surface area contributed by atoms with E-state index in [0.29, 0.717) is 16.9 Å². The first-order valence-electron chi connectivity index (χ1n) is 7.99. The van der Waals surface area contributed by atoms with Crippen LogP contribution in [0.5, 0.6) is 5.75 Å². The fourth-order valence-electron chi connectivity index (χ4n) is 4.15. The molecule has 0 heterocycles. The zero-order valence-corrected chi connectivity index (χ0v) is 13.2. The number of anilines is 1. The number of hydrogen-bond donors (Lipinski definition) is 3. The third kappa shape index (κ3) is 2.41. The first-order valence-corrected chi connectivity index (χ1v) is 8.40. The molecule has 2 aromatic rings. The number of rotatable bonds is 2. The lowest BCUT2D eigenvalue weighted by molar-refractivity contribution is 0.392. The molecule has 0 spiro atoms. The average molecular weight is 312 g/mol. The van der Waals surface area contributed by atoms with Gasteiger partial charge in [-0.2, -0.15) is 0 Å². The summed E-state index contributed by atoms with van der Waals surface area (Å²) in [5.41, 5.74) is 0.939. The fourth-order valence-corrected chi connectivity index (χ4v) is 4.41. The number of thiocarbonyl (C=S) groups is 1. The van der Waals surface area contributed by atoms with Crippen molar-refractivity contribution < 1.29 is 5.11 Å². The molecule has 3 N–H and O–H groups in total. The van der Waals surface area contributed by atoms with E-state index in [9.17, 15) is 5.11 Å². The number of phenols is 1. The number of hydrogen-bond acceptors (Lipinski definition) is 2. The third-order valence-corrected chi connectivity index (χ3v) is 5.42. The van der Waals surface area contributed by atoms with E-state index in [-0.39, 0.29) is 0 Å². The lowest BCUT2D eigenvalue weighted by Gasteiger charge is -2.24. The molecule has 2 aliphatic rings. The Balaban J connectivity index is 1.51. The monoisotopic (exact) mass is 312 g/mol. The SMILES string of the molecule is Oc1cccc2c(NC(=S)N[C@@H]3C[C@H]4CC[C@H]3C4)cccc12. The maximum absolute atomic E-state index is 9.95. The molecule has 0 unspecified atom stereocenters. The second-order valence-electron chi connectivity index (χ2n) is 6.56. The summed E-state index contributed by atoms with van der Waals surface area (Å²) in [6.45, 7) is 0. The molecule has 2 bridgehead atoms. The van der Waals surface area contributed by atoms with Gasteiger partial charge < -0.3 is 15.7 Å². The van der Waals surface area contributed by atoms with Crippen molar-refractivity contribution in [1.29, 1.82) is 0 Å². The van der Waals surface area contributed by atoms with Gasteiger partial charge in [0.1, 0.15) is 5.75 Å². The van der Waals surface area contributed by atoms with Crippen LogP contribution in [0.2, 0.25) is 0 Å². The summed E-state index contributed by atoms with van der Waals surface area (Å²) in [5.74, 6) is 1.99. The standard InChI is InChI=1S/C18H20N2OS/c21-17-6-2-3-13-14(17)4-1-5-15(13)19-18(22)20-16-10-11-7-8-12(16)9-11/h1-6,11-12,16,21H,7-10H2,(H2,19,20,22)/t11-,12-,16+/m0/s1. The Morgan fingerprint density at radius 3 is 2.64 bits per heavy atom. The summed E-state index contributed by atoms with van der Waals surface area (Å²) < 4.78 is 0. The molecule has 22 heavy (non-hydrogen) atoms. The van der Waals surface area contributed by atoms with Crippen LogP contribution in [0.25, 0.3) is 10.8 Å². The van der Waals surface area contributed by atoms with E-state index in [0.717, 1.165) is 28.3 Å². The van der Waals surface area contributed by atoms with E-state index < -0.39 is 0 Å². The highest BCUT2D eigenvalue weighted by atomic mass is 32.1. The summed E-state index contributed by atoms with van der Waals surface area (Å²) in [4.78, 5) is 0. The minimum Gasteiger partial charge on any atom is -0.507 e. The zero-order valence-electron chi connectivity index (χ0n) is 12.4. The quantitative estimate of drug-likeness (QED) is 0.733. The topological polar surface area (TPSA) is 44.3 Å². The average Bonchev–Trinajstić information content (AvgIpc) is 3.11. The van der Waals surface area contributed by atoms with Gasteiger partial charge in [-0.15, -0.1) is 0 Å². The molecule has 0 aliphatic heterocycles. The highest BCUT2D eigenvalue weighted by Gasteiger charge is 2.39. The Kier molecular flexibility index (Phi) is 3.41. The Morgan fingerprint density at radius 2 is 1.86 bits per heavy atom. The maximum Gasteiger partial charge on any atom is 0.171 e. The van der Waals surface area contributed by atoms with Crippen molar-refractivity contribution in [3.8, 4) is 5.75 Å². The fraction of sp³-hybridized carbons (Fsp3) is 0.389. The van der Waals surface area contributed by atoms with Gasteiger partial charge in [0.05, 0.1) is 0 Å². The highest BCUT2D eigenvalue weighted by molar-refractivity contribution is 7.80. The normalized spacial score (nSPS) is 26.3. The summed E-state index contributed by atoms with van der Waals surface area (Å²) in [6.07, 6.45) is 5.35. The number of benzene rings is 2. The molecule has 114 valence electrons. The number of nitrogens with one attached hydrogen (secondary N) is 2. The predicted molar refractivity (Wildman–Crippen MR) is 94.2 cm³/mol. The number of fused-ring (bicyclic) bond motifs is 3. The molecule has 4 heteroatoms. The largest absolute Gasteiger partial charge is 0.507 e. The molecular weight excluding hydrogens is 292 g/mol. The molecule has 0 amide bonds. The van der Waals surface area contributed by atoms with Gasteiger partial charge in [0, 0.05) is 22.5 Å². The van der Waals surface area contributed by atoms with Crippen LogP contribution in [0.1, 0.15) is 25.7 Å². The number of phenolic OH excluding ortho intramolecular Hbond substituents is 1. The second-order valence-corrected chi connectivity index (χ2v) is 6.97. The van der Waals surface area contributed by atoms with Crippen molar-refractivity contribution >= 4 is 33.8 Å². The van der Waals surface area contributed by atoms with Crippen molar-refractivity contribution in [2.24, 2.45) is 11.8 Å². The molecule has 2 saturated carbocycles. The van der Waals surface area contributed by atoms with Crippen LogP contribution >= 0.6 is 12.2 Å². The second kappa shape index (κ2) is 5.43. The number of aromatic hydroxyl groups is 1. The molecule has 0 saturated heterocycles. The van der Waals surface area contributed by atoms with E-state index in [1.54, 1.807) is 6.07 Å². The summed E-state index contributed by atoms with van der Waals surface area (Å²) in [6, 6.07) is 11.9. The van der Waals surface area contributed by atoms with Crippen molar-refractivity contribution in [3.05, 3.63) is 36.4 Å². The Morgan fingerprint density at radius 1 is 1.05 bits per heavy atom. The zero-order chi connectivity index (χ0) is 15.1. The van der Waals surface area contributed by atoms with E-state index in [4.69, 9.17) is 12.2 Å². The molecule has 2 aliphatic carbocycles. The van der Waals surface area contributed by atoms with Gasteiger partial charge in [-0.1, -0.05) is 30.7 Å². The van der Waals surface area contributed by atoms with Crippen LogP contribution in [0.3, 0.4) is 0 Å². The van der Waals surface area contributed by atoms with E-state index in [1.807, 2.05) is 30.3 Å². The van der Waals surface area contributed by atoms with Crippen LogP contribution in [-0.2, 0) is 0 Å². The predicted octanol–water partition coefficient (Wildman–Crippen LogP) is 4.02. The van der Waals surface area contributed by atoms with Crippen molar-refractivity contribution in [3.63, 3.8) is 0 Å². The summed E-state index contributed by atoms with van der Waals surface area (Å²) in [7, 11) is 0. The lowest BCUT2D eigenvalue weighted by atomic mass is 9.95. The van der Waals surface area contributed by atoms with Gasteiger partial charge in [-0.25, -0.2) is 0 Å². The van der Waals surface area contributed by atoms with Gasteiger partial charge in [-0.05, 0) is 55.4 Å². The molecule has 4 rings (SSSR count). The minimum atomic E-state index is 0.299. The minimum absolute atomic E-state index is 0.299. The summed E-state index contributed by atoms with van der Waals surface area (Å²) in [5, 5.41) is 19.3. The first-order chi connectivity index (χ1) is 10.7. The Labute approximate surface area is 135 Å². The molecule has 3 atom stereocenters. The molecule has 0 aromatic heterocycles. The van der Waals surface area contributed by atoms with Gasteiger partial charge >= 0.3 is 0 Å². The van der Waals surface area contributed by atoms with E-state index >= 15 is 0 Å². The van der Waals surface area contributed by atoms with Crippen LogP contribution < -0.4 is 10.6 Å². The van der Waals surface area contributed by atoms with E-state index in [1.165, 1.54) is 25.7 Å². The van der Waals surface area contributed by atoms with Gasteiger partial charge in [0.15, 0.2) is 5.11 Å². The molecule has 0 radical (unpaired) electrons. The highest BCUT2D eigenvalue weighted by Crippen LogP contribution is 2.44. The van der Waals surface area contributed by atoms with E-state index in [2.05, 4.69) is 10.6 Å². The van der Waals surface area contributed by atoms with Crippen LogP contribution in [0.4, 0.5) is 5.69 Å². The smallest absolute Gasteiger partial charge is 0.171 e. The Hall–Kier alpha value is -1.81.